The van der Waals surface area contributed by atoms with Crippen molar-refractivity contribution in [2.24, 2.45) is 0 Å². The third-order valence-corrected chi connectivity index (χ3v) is 3.22. The molecule has 4 heteroatoms. The van der Waals surface area contributed by atoms with Crippen LogP contribution in [0.4, 0.5) is 0 Å². The molecule has 0 aromatic rings. The van der Waals surface area contributed by atoms with E-state index in [1.165, 1.54) is 0 Å². The van der Waals surface area contributed by atoms with Crippen LogP contribution in [0.1, 0.15) is 12.8 Å². The molecule has 3 nitrogen and oxygen atoms in total. The predicted octanol–water partition coefficient (Wildman–Crippen LogP) is -0.0977. The standard InChI is InChI=1S/C5H10NO2S/c1-2-6-9(7,8)5-3-4-5/h5-6H,1-4H2. The largest absolute Gasteiger partial charge is 0.215 e. The van der Waals surface area contributed by atoms with Crippen molar-refractivity contribution in [3.8, 4) is 0 Å². The Bertz CT molecular complexity index is 181. The molecule has 0 atom stereocenters. The van der Waals surface area contributed by atoms with Gasteiger partial charge >= 0.3 is 0 Å². The zero-order valence-corrected chi connectivity index (χ0v) is 5.95. The quantitative estimate of drug-likeness (QED) is 0.607. The summed E-state index contributed by atoms with van der Waals surface area (Å²) in [6.45, 7) is 3.65. The normalized spacial score (nSPS) is 20.1. The van der Waals surface area contributed by atoms with Gasteiger partial charge in [-0.05, 0) is 19.8 Å². The van der Waals surface area contributed by atoms with E-state index in [0.29, 0.717) is 0 Å². The molecule has 1 fully saturated rings. The Hall–Kier alpha value is -0.0900. The number of nitrogens with one attached hydrogen (secondary N) is 1. The summed E-state index contributed by atoms with van der Waals surface area (Å²) in [4.78, 5) is 0. The zero-order chi connectivity index (χ0) is 6.91. The van der Waals surface area contributed by atoms with Crippen LogP contribution in [0.2, 0.25) is 0 Å². The molecular formula is C5H10NO2S. The van der Waals surface area contributed by atoms with Crippen molar-refractivity contribution in [2.45, 2.75) is 18.1 Å². The first-order chi connectivity index (χ1) is 4.17. The summed E-state index contributed by atoms with van der Waals surface area (Å²) in [5, 5.41) is -0.112. The minimum absolute atomic E-state index is 0.112. The molecule has 0 aromatic carbocycles. The van der Waals surface area contributed by atoms with Crippen molar-refractivity contribution in [2.75, 3.05) is 6.54 Å². The number of sulfonamides is 1. The van der Waals surface area contributed by atoms with Gasteiger partial charge in [0.05, 0.1) is 5.25 Å². The summed E-state index contributed by atoms with van der Waals surface area (Å²) in [6, 6.07) is 0. The summed E-state index contributed by atoms with van der Waals surface area (Å²) >= 11 is 0. The van der Waals surface area contributed by atoms with Gasteiger partial charge in [-0.1, -0.05) is 0 Å². The molecule has 9 heavy (non-hydrogen) atoms. The van der Waals surface area contributed by atoms with E-state index in [-0.39, 0.29) is 11.8 Å². The van der Waals surface area contributed by atoms with Crippen molar-refractivity contribution in [3.63, 3.8) is 0 Å². The Kier molecular flexibility index (Phi) is 1.77. The van der Waals surface area contributed by atoms with Crippen LogP contribution >= 0.6 is 0 Å². The van der Waals surface area contributed by atoms with E-state index in [1.807, 2.05) is 0 Å². The van der Waals surface area contributed by atoms with Crippen molar-refractivity contribution < 1.29 is 8.42 Å². The number of rotatable bonds is 3. The number of hydrogen-bond donors (Lipinski definition) is 1. The van der Waals surface area contributed by atoms with Gasteiger partial charge in [0.25, 0.3) is 0 Å². The van der Waals surface area contributed by atoms with Crippen LogP contribution < -0.4 is 4.72 Å². The molecule has 0 aromatic heterocycles. The van der Waals surface area contributed by atoms with Gasteiger partial charge in [0.1, 0.15) is 0 Å². The van der Waals surface area contributed by atoms with Gasteiger partial charge in [0, 0.05) is 6.54 Å². The minimum atomic E-state index is -2.95. The first kappa shape index (κ1) is 7.02. The van der Waals surface area contributed by atoms with E-state index in [9.17, 15) is 8.42 Å². The summed E-state index contributed by atoms with van der Waals surface area (Å²) in [5.74, 6) is 0. The Morgan fingerprint density at radius 1 is 1.56 bits per heavy atom. The van der Waals surface area contributed by atoms with E-state index in [2.05, 4.69) is 11.6 Å². The molecule has 0 aliphatic heterocycles. The third kappa shape index (κ3) is 1.66. The zero-order valence-electron chi connectivity index (χ0n) is 5.13. The highest BCUT2D eigenvalue weighted by Gasteiger charge is 2.34. The molecule has 0 heterocycles. The average molecular weight is 148 g/mol. The molecule has 0 saturated heterocycles. The Balaban J connectivity index is 2.51. The Labute approximate surface area is 55.5 Å². The van der Waals surface area contributed by atoms with Gasteiger partial charge in [-0.15, -0.1) is 0 Å². The van der Waals surface area contributed by atoms with E-state index in [0.717, 1.165) is 12.8 Å². The van der Waals surface area contributed by atoms with Gasteiger partial charge < -0.3 is 0 Å². The molecule has 0 amide bonds. The molecule has 1 rings (SSSR count). The number of hydrogen-bond acceptors (Lipinski definition) is 2. The summed E-state index contributed by atoms with van der Waals surface area (Å²) < 4.78 is 24.0. The van der Waals surface area contributed by atoms with Crippen molar-refractivity contribution in [1.82, 2.24) is 4.72 Å². The molecule has 0 bridgehead atoms. The van der Waals surface area contributed by atoms with Gasteiger partial charge in [-0.25, -0.2) is 13.1 Å². The molecule has 0 unspecified atom stereocenters. The van der Waals surface area contributed by atoms with Crippen LogP contribution in [-0.2, 0) is 10.0 Å². The lowest BCUT2D eigenvalue weighted by atomic mass is 10.8. The van der Waals surface area contributed by atoms with Crippen LogP contribution in [0.25, 0.3) is 0 Å². The molecule has 1 radical (unpaired) electrons. The predicted molar refractivity (Wildman–Crippen MR) is 35.3 cm³/mol. The van der Waals surface area contributed by atoms with Gasteiger partial charge in [-0.3, -0.25) is 0 Å². The minimum Gasteiger partial charge on any atom is -0.215 e. The fraction of sp³-hybridized carbons (Fsp3) is 0.800. The summed E-state index contributed by atoms with van der Waals surface area (Å²) in [6.07, 6.45) is 1.63. The fourth-order valence-electron chi connectivity index (χ4n) is 0.638. The van der Waals surface area contributed by atoms with E-state index >= 15 is 0 Å². The summed E-state index contributed by atoms with van der Waals surface area (Å²) in [5.41, 5.74) is 0. The second-order valence-electron chi connectivity index (χ2n) is 2.14. The first-order valence-corrected chi connectivity index (χ1v) is 4.49. The third-order valence-electron chi connectivity index (χ3n) is 1.27. The van der Waals surface area contributed by atoms with Crippen LogP contribution in [0, 0.1) is 6.92 Å². The van der Waals surface area contributed by atoms with Crippen LogP contribution in [0.3, 0.4) is 0 Å². The maximum Gasteiger partial charge on any atom is 0.214 e. The Morgan fingerprint density at radius 2 is 2.11 bits per heavy atom. The molecule has 1 N–H and O–H groups in total. The lowest BCUT2D eigenvalue weighted by Gasteiger charge is -1.98. The fourth-order valence-corrected chi connectivity index (χ4v) is 1.92. The molecule has 1 aliphatic rings. The van der Waals surface area contributed by atoms with E-state index < -0.39 is 10.0 Å². The maximum atomic E-state index is 10.8. The highest BCUT2D eigenvalue weighted by molar-refractivity contribution is 7.90. The van der Waals surface area contributed by atoms with Crippen molar-refractivity contribution >= 4 is 10.0 Å². The van der Waals surface area contributed by atoms with Crippen LogP contribution in [0.5, 0.6) is 0 Å². The van der Waals surface area contributed by atoms with Gasteiger partial charge in [0.15, 0.2) is 0 Å². The van der Waals surface area contributed by atoms with Crippen LogP contribution in [-0.4, -0.2) is 20.2 Å². The monoisotopic (exact) mass is 148 g/mol. The lowest BCUT2D eigenvalue weighted by Crippen LogP contribution is -2.26. The molecular weight excluding hydrogens is 138 g/mol. The second kappa shape index (κ2) is 2.27. The van der Waals surface area contributed by atoms with Gasteiger partial charge in [-0.2, -0.15) is 0 Å². The lowest BCUT2D eigenvalue weighted by molar-refractivity contribution is 0.584. The molecule has 1 saturated carbocycles. The van der Waals surface area contributed by atoms with E-state index in [1.54, 1.807) is 0 Å². The first-order valence-electron chi connectivity index (χ1n) is 2.94. The smallest absolute Gasteiger partial charge is 0.214 e. The highest BCUT2D eigenvalue weighted by atomic mass is 32.2. The topological polar surface area (TPSA) is 46.2 Å². The molecule has 53 valence electrons. The van der Waals surface area contributed by atoms with Gasteiger partial charge in [0.2, 0.25) is 10.0 Å². The molecule has 0 spiro atoms. The van der Waals surface area contributed by atoms with E-state index in [4.69, 9.17) is 0 Å². The average Bonchev–Trinajstić information content (AvgIpc) is 2.41. The van der Waals surface area contributed by atoms with Crippen molar-refractivity contribution in [3.05, 3.63) is 6.92 Å². The summed E-state index contributed by atoms with van der Waals surface area (Å²) in [7, 11) is -2.95. The molecule has 1 aliphatic carbocycles. The SMILES string of the molecule is [CH2]CNS(=O)(=O)C1CC1. The Morgan fingerprint density at radius 3 is 2.44 bits per heavy atom. The van der Waals surface area contributed by atoms with Crippen LogP contribution in [0.15, 0.2) is 0 Å². The second-order valence-corrected chi connectivity index (χ2v) is 4.18. The maximum absolute atomic E-state index is 10.8. The van der Waals surface area contributed by atoms with Crippen molar-refractivity contribution in [1.29, 1.82) is 0 Å². The highest BCUT2D eigenvalue weighted by Crippen LogP contribution is 2.26.